The third-order valence-electron chi connectivity index (χ3n) is 2.28. The van der Waals surface area contributed by atoms with Gasteiger partial charge in [-0.05, 0) is 17.7 Å². The molecule has 0 atom stereocenters. The maximum atomic E-state index is 8.35. The molecule has 0 aliphatic rings. The molecule has 2 aromatic rings. The number of ether oxygens (including phenoxy) is 1. The Hall–Kier alpha value is -2.28. The quantitative estimate of drug-likeness (QED) is 0.569. The first-order valence-electron chi connectivity index (χ1n) is 4.94. The Morgan fingerprint density at radius 2 is 2.12 bits per heavy atom. The highest BCUT2D eigenvalue weighted by Gasteiger charge is 2.02. The maximum absolute atomic E-state index is 8.35. The van der Waals surface area contributed by atoms with Crippen LogP contribution in [-0.2, 0) is 13.6 Å². The molecule has 2 rings (SSSR count). The van der Waals surface area contributed by atoms with E-state index in [0.29, 0.717) is 5.75 Å². The minimum Gasteiger partial charge on any atom is -0.388 e. The van der Waals surface area contributed by atoms with E-state index in [4.69, 9.17) is 10.00 Å². The molecule has 1 heterocycles. The van der Waals surface area contributed by atoms with Gasteiger partial charge in [-0.3, -0.25) is 0 Å². The standard InChI is InChI=1S/C12H12N3O/c1-14-6-7-15(10-14)8-11-2-4-12(5-3-11)16-9-13/h2-7,10H,8H2,1H3/q+1. The number of hydrogen-bond donors (Lipinski definition) is 0. The fourth-order valence-corrected chi connectivity index (χ4v) is 1.52. The zero-order chi connectivity index (χ0) is 11.4. The molecule has 16 heavy (non-hydrogen) atoms. The van der Waals surface area contributed by atoms with E-state index in [1.807, 2.05) is 42.5 Å². The van der Waals surface area contributed by atoms with Crippen LogP contribution in [0, 0.1) is 11.5 Å². The normalized spacial score (nSPS) is 9.75. The van der Waals surface area contributed by atoms with Gasteiger partial charge in [0.2, 0.25) is 6.33 Å². The van der Waals surface area contributed by atoms with Crippen molar-refractivity contribution in [1.82, 2.24) is 4.57 Å². The number of aromatic nitrogens is 2. The molecule has 0 N–H and O–H groups in total. The number of imidazole rings is 1. The van der Waals surface area contributed by atoms with Crippen LogP contribution in [0.2, 0.25) is 0 Å². The third kappa shape index (κ3) is 2.39. The Bertz CT molecular complexity index is 508. The van der Waals surface area contributed by atoms with Crippen LogP contribution in [0.15, 0.2) is 43.0 Å². The summed E-state index contributed by atoms with van der Waals surface area (Å²) in [5.41, 5.74) is 1.17. The van der Waals surface area contributed by atoms with Gasteiger partial charge < -0.3 is 4.74 Å². The molecular formula is C12H12N3O+. The molecule has 4 nitrogen and oxygen atoms in total. The van der Waals surface area contributed by atoms with Crippen LogP contribution in [0.4, 0.5) is 0 Å². The van der Waals surface area contributed by atoms with Gasteiger partial charge in [-0.2, -0.15) is 0 Å². The molecule has 0 fully saturated rings. The molecule has 0 saturated carbocycles. The zero-order valence-electron chi connectivity index (χ0n) is 9.00. The predicted octanol–water partition coefficient (Wildman–Crippen LogP) is 1.22. The van der Waals surface area contributed by atoms with Crippen molar-refractivity contribution in [2.24, 2.45) is 7.05 Å². The first kappa shape index (κ1) is 10.2. The van der Waals surface area contributed by atoms with Crippen LogP contribution < -0.4 is 9.30 Å². The van der Waals surface area contributed by atoms with Crippen LogP contribution in [-0.4, -0.2) is 4.57 Å². The number of aryl methyl sites for hydroxylation is 1. The molecule has 0 aliphatic heterocycles. The highest BCUT2D eigenvalue weighted by atomic mass is 16.5. The largest absolute Gasteiger partial charge is 0.388 e. The van der Waals surface area contributed by atoms with Crippen molar-refractivity contribution in [3.05, 3.63) is 48.5 Å². The highest BCUT2D eigenvalue weighted by Crippen LogP contribution is 2.11. The SMILES string of the molecule is Cn1cc[n+](Cc2ccc(OC#N)cc2)c1. The molecular weight excluding hydrogens is 202 g/mol. The Kier molecular flexibility index (Phi) is 2.88. The fraction of sp³-hybridized carbons (Fsp3) is 0.167. The molecule has 1 aromatic carbocycles. The van der Waals surface area contributed by atoms with Gasteiger partial charge in [0.05, 0.1) is 7.05 Å². The van der Waals surface area contributed by atoms with E-state index in [0.717, 1.165) is 6.54 Å². The van der Waals surface area contributed by atoms with Gasteiger partial charge in [0.1, 0.15) is 24.7 Å². The van der Waals surface area contributed by atoms with Gasteiger partial charge in [0.25, 0.3) is 6.26 Å². The first-order valence-corrected chi connectivity index (χ1v) is 4.94. The summed E-state index contributed by atoms with van der Waals surface area (Å²) in [7, 11) is 1.99. The van der Waals surface area contributed by atoms with Gasteiger partial charge in [0.15, 0.2) is 0 Å². The zero-order valence-corrected chi connectivity index (χ0v) is 9.00. The monoisotopic (exact) mass is 214 g/mol. The van der Waals surface area contributed by atoms with Crippen LogP contribution in [0.5, 0.6) is 5.75 Å². The predicted molar refractivity (Wildman–Crippen MR) is 57.4 cm³/mol. The van der Waals surface area contributed by atoms with E-state index in [2.05, 4.69) is 4.57 Å². The van der Waals surface area contributed by atoms with Crippen molar-refractivity contribution < 1.29 is 9.30 Å². The molecule has 0 radical (unpaired) electrons. The minimum atomic E-state index is 0.573. The summed E-state index contributed by atoms with van der Waals surface area (Å²) in [6.45, 7) is 0.813. The Balaban J connectivity index is 2.08. The van der Waals surface area contributed by atoms with Crippen LogP contribution in [0.25, 0.3) is 0 Å². The smallest absolute Gasteiger partial charge is 0.292 e. The Morgan fingerprint density at radius 3 is 2.69 bits per heavy atom. The molecule has 0 aliphatic carbocycles. The number of hydrogen-bond acceptors (Lipinski definition) is 2. The minimum absolute atomic E-state index is 0.573. The Morgan fingerprint density at radius 1 is 1.38 bits per heavy atom. The van der Waals surface area contributed by atoms with E-state index < -0.39 is 0 Å². The Labute approximate surface area is 93.9 Å². The molecule has 4 heteroatoms. The van der Waals surface area contributed by atoms with E-state index >= 15 is 0 Å². The number of nitriles is 1. The molecule has 0 unspecified atom stereocenters. The molecule has 0 amide bonds. The van der Waals surface area contributed by atoms with Crippen molar-refractivity contribution in [1.29, 1.82) is 5.26 Å². The average molecular weight is 214 g/mol. The van der Waals surface area contributed by atoms with E-state index in [9.17, 15) is 0 Å². The summed E-state index contributed by atoms with van der Waals surface area (Å²) in [5, 5.41) is 8.35. The maximum Gasteiger partial charge on any atom is 0.292 e. The van der Waals surface area contributed by atoms with E-state index in [1.165, 1.54) is 5.56 Å². The van der Waals surface area contributed by atoms with Crippen LogP contribution in [0.3, 0.4) is 0 Å². The molecule has 0 saturated heterocycles. The number of benzene rings is 1. The van der Waals surface area contributed by atoms with Gasteiger partial charge in [-0.25, -0.2) is 9.13 Å². The van der Waals surface area contributed by atoms with Crippen molar-refractivity contribution >= 4 is 0 Å². The van der Waals surface area contributed by atoms with Gasteiger partial charge in [-0.1, -0.05) is 12.1 Å². The van der Waals surface area contributed by atoms with Gasteiger partial charge in [0, 0.05) is 0 Å². The number of rotatable bonds is 3. The summed E-state index contributed by atoms with van der Waals surface area (Å²) < 4.78 is 8.79. The van der Waals surface area contributed by atoms with Gasteiger partial charge in [-0.15, -0.1) is 5.26 Å². The lowest BCUT2D eigenvalue weighted by Gasteiger charge is -1.99. The second-order valence-electron chi connectivity index (χ2n) is 3.59. The molecule has 0 spiro atoms. The van der Waals surface area contributed by atoms with Crippen molar-refractivity contribution in [3.8, 4) is 12.0 Å². The molecule has 0 bridgehead atoms. The fourth-order valence-electron chi connectivity index (χ4n) is 1.52. The summed E-state index contributed by atoms with van der Waals surface area (Å²) in [6.07, 6.45) is 7.67. The summed E-state index contributed by atoms with van der Waals surface area (Å²) >= 11 is 0. The molecule has 1 aromatic heterocycles. The van der Waals surface area contributed by atoms with Gasteiger partial charge >= 0.3 is 0 Å². The molecule has 80 valence electrons. The average Bonchev–Trinajstić information content (AvgIpc) is 2.67. The van der Waals surface area contributed by atoms with Crippen LogP contribution in [0.1, 0.15) is 5.56 Å². The second-order valence-corrected chi connectivity index (χ2v) is 3.59. The van der Waals surface area contributed by atoms with Crippen LogP contribution >= 0.6 is 0 Å². The number of nitrogens with zero attached hydrogens (tertiary/aromatic N) is 3. The first-order chi connectivity index (χ1) is 7.78. The van der Waals surface area contributed by atoms with Crippen molar-refractivity contribution in [3.63, 3.8) is 0 Å². The van der Waals surface area contributed by atoms with Crippen molar-refractivity contribution in [2.45, 2.75) is 6.54 Å². The lowest BCUT2D eigenvalue weighted by molar-refractivity contribution is -0.687. The second kappa shape index (κ2) is 4.49. The van der Waals surface area contributed by atoms with E-state index in [-0.39, 0.29) is 0 Å². The summed E-state index contributed by atoms with van der Waals surface area (Å²) in [5.74, 6) is 0.573. The highest BCUT2D eigenvalue weighted by molar-refractivity contribution is 5.27. The summed E-state index contributed by atoms with van der Waals surface area (Å²) in [4.78, 5) is 0. The third-order valence-corrected chi connectivity index (χ3v) is 2.28. The van der Waals surface area contributed by atoms with E-state index in [1.54, 1.807) is 18.4 Å². The summed E-state index contributed by atoms with van der Waals surface area (Å²) in [6, 6.07) is 7.49. The lowest BCUT2D eigenvalue weighted by Crippen LogP contribution is -2.31. The topological polar surface area (TPSA) is 41.8 Å². The van der Waals surface area contributed by atoms with Crippen molar-refractivity contribution in [2.75, 3.05) is 0 Å². The lowest BCUT2D eigenvalue weighted by atomic mass is 10.2.